The van der Waals surface area contributed by atoms with Crippen LogP contribution in [0.3, 0.4) is 0 Å². The van der Waals surface area contributed by atoms with Crippen LogP contribution in [0.5, 0.6) is 0 Å². The van der Waals surface area contributed by atoms with Crippen molar-refractivity contribution in [2.75, 3.05) is 6.54 Å². The van der Waals surface area contributed by atoms with E-state index in [4.69, 9.17) is 9.84 Å². The lowest BCUT2D eigenvalue weighted by atomic mass is 10.0. The number of carbonyl (C=O) groups is 3. The van der Waals surface area contributed by atoms with Crippen LogP contribution in [0, 0.1) is 0 Å². The van der Waals surface area contributed by atoms with Crippen molar-refractivity contribution >= 4 is 17.8 Å². The highest BCUT2D eigenvalue weighted by Gasteiger charge is 2.38. The fraction of sp³-hybridized carbons (Fsp3) is 0.700. The average Bonchev–Trinajstić information content (AvgIpc) is 2.10. The number of carboxylic acids is 1. The summed E-state index contributed by atoms with van der Waals surface area (Å²) < 4.78 is 4.83. The number of aliphatic carboxylic acids is 1. The minimum absolute atomic E-state index is 0.617. The Kier molecular flexibility index (Phi) is 4.64. The first kappa shape index (κ1) is 15.4. The zero-order chi connectivity index (χ0) is 13.9. The first-order valence-electron chi connectivity index (χ1n) is 4.92. The van der Waals surface area contributed by atoms with Crippen LogP contribution in [0.4, 0.5) is 4.79 Å². The first-order valence-corrected chi connectivity index (χ1v) is 4.92. The van der Waals surface area contributed by atoms with Crippen molar-refractivity contribution in [2.24, 2.45) is 0 Å². The van der Waals surface area contributed by atoms with E-state index in [1.807, 2.05) is 0 Å². The second kappa shape index (κ2) is 5.13. The second-order valence-corrected chi connectivity index (χ2v) is 4.66. The lowest BCUT2D eigenvalue weighted by Crippen LogP contribution is -2.49. The van der Waals surface area contributed by atoms with Crippen molar-refractivity contribution in [2.45, 2.75) is 38.9 Å². The highest BCUT2D eigenvalue weighted by Crippen LogP contribution is 2.07. The number of aliphatic hydroxyl groups is 1. The summed E-state index contributed by atoms with van der Waals surface area (Å²) in [6.45, 7) is 5.15. The monoisotopic (exact) mass is 247 g/mol. The molecule has 3 N–H and O–H groups in total. The largest absolute Gasteiger partial charge is 0.479 e. The topological polar surface area (TPSA) is 113 Å². The van der Waals surface area contributed by atoms with Crippen LogP contribution >= 0.6 is 0 Å². The third-order valence-electron chi connectivity index (χ3n) is 1.75. The Hall–Kier alpha value is -1.63. The molecule has 0 saturated carbocycles. The number of ketones is 1. The molecule has 0 aliphatic carbocycles. The average molecular weight is 247 g/mol. The standard InChI is InChI=1S/C10H17NO6/c1-9(2,3)17-8(15)11-5-6(12)10(4,16)7(13)14/h16H,5H2,1-4H3,(H,11,15)(H,13,14). The fourth-order valence-electron chi connectivity index (χ4n) is 0.758. The molecular formula is C10H17NO6. The second-order valence-electron chi connectivity index (χ2n) is 4.66. The fourth-order valence-corrected chi connectivity index (χ4v) is 0.758. The van der Waals surface area contributed by atoms with Gasteiger partial charge in [-0.05, 0) is 27.7 Å². The minimum atomic E-state index is -2.52. The van der Waals surface area contributed by atoms with E-state index in [9.17, 15) is 19.5 Å². The van der Waals surface area contributed by atoms with Gasteiger partial charge in [0.15, 0.2) is 5.78 Å². The molecule has 0 aromatic rings. The molecule has 1 atom stereocenters. The van der Waals surface area contributed by atoms with Gasteiger partial charge in [-0.2, -0.15) is 0 Å². The number of hydrogen-bond acceptors (Lipinski definition) is 5. The van der Waals surface area contributed by atoms with Crippen LogP contribution in [0.1, 0.15) is 27.7 Å². The molecule has 1 amide bonds. The molecule has 17 heavy (non-hydrogen) atoms. The van der Waals surface area contributed by atoms with Gasteiger partial charge in [0.1, 0.15) is 5.60 Å². The number of alkyl carbamates (subject to hydrolysis) is 1. The van der Waals surface area contributed by atoms with E-state index in [1.165, 1.54) is 0 Å². The molecule has 0 saturated heterocycles. The number of carboxylic acid groups (broad SMARTS) is 1. The first-order chi connectivity index (χ1) is 7.47. The van der Waals surface area contributed by atoms with Gasteiger partial charge in [0.25, 0.3) is 0 Å². The predicted octanol–water partition coefficient (Wildman–Crippen LogP) is -0.0842. The van der Waals surface area contributed by atoms with Crippen LogP contribution < -0.4 is 5.32 Å². The normalized spacial score (nSPS) is 14.6. The molecule has 0 heterocycles. The van der Waals surface area contributed by atoms with Gasteiger partial charge in [0, 0.05) is 0 Å². The number of rotatable bonds is 4. The van der Waals surface area contributed by atoms with Crippen LogP contribution in [-0.4, -0.2) is 45.8 Å². The lowest BCUT2D eigenvalue weighted by Gasteiger charge is -2.20. The Balaban J connectivity index is 4.27. The third-order valence-corrected chi connectivity index (χ3v) is 1.75. The van der Waals surface area contributed by atoms with E-state index in [2.05, 4.69) is 5.32 Å². The molecule has 0 rings (SSSR count). The summed E-state index contributed by atoms with van der Waals surface area (Å²) >= 11 is 0. The number of nitrogens with one attached hydrogen (secondary N) is 1. The summed E-state index contributed by atoms with van der Waals surface area (Å²) in [5.74, 6) is -2.70. The predicted molar refractivity (Wildman–Crippen MR) is 57.5 cm³/mol. The molecule has 0 aromatic heterocycles. The Labute approximate surface area is 98.8 Å². The van der Waals surface area contributed by atoms with E-state index in [0.29, 0.717) is 0 Å². The molecular weight excluding hydrogens is 230 g/mol. The highest BCUT2D eigenvalue weighted by molar-refractivity contribution is 6.07. The molecule has 0 aliphatic heterocycles. The summed E-state index contributed by atoms with van der Waals surface area (Å²) in [6, 6.07) is 0. The van der Waals surface area contributed by atoms with E-state index in [0.717, 1.165) is 6.92 Å². The molecule has 0 aromatic carbocycles. The number of hydrogen-bond donors (Lipinski definition) is 3. The molecule has 0 aliphatic rings. The number of carbonyl (C=O) groups excluding carboxylic acids is 2. The van der Waals surface area contributed by atoms with E-state index >= 15 is 0 Å². The van der Waals surface area contributed by atoms with Crippen molar-refractivity contribution in [1.29, 1.82) is 0 Å². The van der Waals surface area contributed by atoms with Crippen molar-refractivity contribution in [1.82, 2.24) is 5.32 Å². The molecule has 0 bridgehead atoms. The molecule has 0 radical (unpaired) electrons. The van der Waals surface area contributed by atoms with Crippen molar-refractivity contribution < 1.29 is 29.3 Å². The molecule has 7 nitrogen and oxygen atoms in total. The zero-order valence-electron chi connectivity index (χ0n) is 10.2. The zero-order valence-corrected chi connectivity index (χ0v) is 10.2. The van der Waals surface area contributed by atoms with Crippen LogP contribution in [0.2, 0.25) is 0 Å². The van der Waals surface area contributed by atoms with Gasteiger partial charge in [-0.1, -0.05) is 0 Å². The van der Waals surface area contributed by atoms with E-state index in [1.54, 1.807) is 20.8 Å². The summed E-state index contributed by atoms with van der Waals surface area (Å²) in [4.78, 5) is 32.9. The van der Waals surface area contributed by atoms with Gasteiger partial charge in [0.05, 0.1) is 6.54 Å². The van der Waals surface area contributed by atoms with Crippen LogP contribution in [0.15, 0.2) is 0 Å². The molecule has 0 spiro atoms. The van der Waals surface area contributed by atoms with E-state index in [-0.39, 0.29) is 0 Å². The lowest BCUT2D eigenvalue weighted by molar-refractivity contribution is -0.162. The van der Waals surface area contributed by atoms with Crippen molar-refractivity contribution in [3.63, 3.8) is 0 Å². The van der Waals surface area contributed by atoms with Gasteiger partial charge in [-0.15, -0.1) is 0 Å². The highest BCUT2D eigenvalue weighted by atomic mass is 16.6. The summed E-state index contributed by atoms with van der Waals surface area (Å²) in [5, 5.41) is 19.9. The van der Waals surface area contributed by atoms with Gasteiger partial charge < -0.3 is 20.3 Å². The SMILES string of the molecule is CC(C)(C)OC(=O)NCC(=O)C(C)(O)C(=O)O. The number of amides is 1. The smallest absolute Gasteiger partial charge is 0.408 e. The van der Waals surface area contributed by atoms with Crippen LogP contribution in [-0.2, 0) is 14.3 Å². The summed E-state index contributed by atoms with van der Waals surface area (Å²) in [7, 11) is 0. The maximum Gasteiger partial charge on any atom is 0.408 e. The Morgan fingerprint density at radius 1 is 1.18 bits per heavy atom. The summed E-state index contributed by atoms with van der Waals surface area (Å²) in [5.41, 5.74) is -3.24. The van der Waals surface area contributed by atoms with Gasteiger partial charge in [0.2, 0.25) is 5.60 Å². The quantitative estimate of drug-likeness (QED) is 0.599. The minimum Gasteiger partial charge on any atom is -0.479 e. The van der Waals surface area contributed by atoms with E-state index < -0.39 is 35.6 Å². The third kappa shape index (κ3) is 5.30. The Bertz CT molecular complexity index is 328. The maximum atomic E-state index is 11.3. The van der Waals surface area contributed by atoms with Crippen molar-refractivity contribution in [3.8, 4) is 0 Å². The Morgan fingerprint density at radius 2 is 1.65 bits per heavy atom. The molecule has 7 heteroatoms. The molecule has 0 fully saturated rings. The number of ether oxygens (including phenoxy) is 1. The van der Waals surface area contributed by atoms with Gasteiger partial charge >= 0.3 is 12.1 Å². The Morgan fingerprint density at radius 3 is 2.00 bits per heavy atom. The summed E-state index contributed by atoms with van der Waals surface area (Å²) in [6.07, 6.45) is -0.855. The number of Topliss-reactive ketones (excluding diaryl/α,β-unsaturated/α-hetero) is 1. The van der Waals surface area contributed by atoms with Crippen molar-refractivity contribution in [3.05, 3.63) is 0 Å². The molecule has 1 unspecified atom stereocenters. The van der Waals surface area contributed by atoms with Gasteiger partial charge in [-0.25, -0.2) is 9.59 Å². The van der Waals surface area contributed by atoms with Crippen LogP contribution in [0.25, 0.3) is 0 Å². The van der Waals surface area contributed by atoms with Gasteiger partial charge in [-0.3, -0.25) is 4.79 Å². The molecule has 98 valence electrons. The maximum absolute atomic E-state index is 11.3.